The molecule has 82 valence electrons. The van der Waals surface area contributed by atoms with Gasteiger partial charge in [-0.3, -0.25) is 4.79 Å². The number of rotatable bonds is 4. The molecule has 15 heavy (non-hydrogen) atoms. The van der Waals surface area contributed by atoms with Crippen LogP contribution >= 0.6 is 15.9 Å². The quantitative estimate of drug-likeness (QED) is 0.567. The van der Waals surface area contributed by atoms with E-state index in [1.165, 1.54) is 0 Å². The van der Waals surface area contributed by atoms with Gasteiger partial charge in [-0.15, -0.1) is 0 Å². The van der Waals surface area contributed by atoms with Gasteiger partial charge >= 0.3 is 0 Å². The number of anilines is 1. The average molecular weight is 272 g/mol. The second-order valence-corrected chi connectivity index (χ2v) is 3.99. The molecule has 4 nitrogen and oxygen atoms in total. The van der Waals surface area contributed by atoms with E-state index in [4.69, 9.17) is 11.5 Å². The van der Waals surface area contributed by atoms with Crippen molar-refractivity contribution in [2.45, 2.75) is 6.42 Å². The lowest BCUT2D eigenvalue weighted by Gasteiger charge is -2.05. The van der Waals surface area contributed by atoms with Crippen LogP contribution in [0.4, 0.5) is 5.69 Å². The fraction of sp³-hybridized carbons (Fsp3) is 0.300. The minimum Gasteiger partial charge on any atom is -0.398 e. The fourth-order valence-corrected chi connectivity index (χ4v) is 1.34. The first kappa shape index (κ1) is 12.0. The highest BCUT2D eigenvalue weighted by Gasteiger charge is 2.05. The Labute approximate surface area is 97.1 Å². The molecule has 0 heterocycles. The van der Waals surface area contributed by atoms with Crippen LogP contribution in [0.15, 0.2) is 22.7 Å². The average Bonchev–Trinajstić information content (AvgIpc) is 2.22. The Bertz CT molecular complexity index is 355. The highest BCUT2D eigenvalue weighted by molar-refractivity contribution is 9.10. The molecule has 1 rings (SSSR count). The molecule has 0 aromatic heterocycles. The lowest BCUT2D eigenvalue weighted by Crippen LogP contribution is -2.25. The molecule has 0 atom stereocenters. The van der Waals surface area contributed by atoms with E-state index >= 15 is 0 Å². The van der Waals surface area contributed by atoms with Crippen LogP contribution in [0, 0.1) is 0 Å². The smallest absolute Gasteiger partial charge is 0.251 e. The summed E-state index contributed by atoms with van der Waals surface area (Å²) in [5.41, 5.74) is 12.1. The van der Waals surface area contributed by atoms with Crippen LogP contribution in [0.2, 0.25) is 0 Å². The molecule has 0 aliphatic rings. The predicted molar refractivity (Wildman–Crippen MR) is 64.6 cm³/mol. The summed E-state index contributed by atoms with van der Waals surface area (Å²) in [6.45, 7) is 1.16. The van der Waals surface area contributed by atoms with Crippen molar-refractivity contribution in [1.82, 2.24) is 5.32 Å². The lowest BCUT2D eigenvalue weighted by atomic mass is 10.2. The molecule has 0 aliphatic heterocycles. The standard InChI is InChI=1S/C10H14BrN3O/c11-8-3-2-7(6-9(8)13)10(15)14-5-1-4-12/h2-3,6H,1,4-5,12-13H2,(H,14,15). The molecule has 5 N–H and O–H groups in total. The number of carbonyl (C=O) groups excluding carboxylic acids is 1. The van der Waals surface area contributed by atoms with Crippen LogP contribution in [0.1, 0.15) is 16.8 Å². The van der Waals surface area contributed by atoms with Gasteiger partial charge in [0, 0.05) is 22.3 Å². The molecular formula is C10H14BrN3O. The van der Waals surface area contributed by atoms with Gasteiger partial charge in [-0.2, -0.15) is 0 Å². The highest BCUT2D eigenvalue weighted by Crippen LogP contribution is 2.19. The van der Waals surface area contributed by atoms with Gasteiger partial charge in [0.25, 0.3) is 5.91 Å². The molecular weight excluding hydrogens is 258 g/mol. The first-order valence-corrected chi connectivity index (χ1v) is 5.47. The summed E-state index contributed by atoms with van der Waals surface area (Å²) in [7, 11) is 0. The van der Waals surface area contributed by atoms with E-state index in [0.29, 0.717) is 24.3 Å². The van der Waals surface area contributed by atoms with Crippen molar-refractivity contribution in [1.29, 1.82) is 0 Å². The molecule has 1 aromatic carbocycles. The van der Waals surface area contributed by atoms with E-state index in [1.807, 2.05) is 0 Å². The topological polar surface area (TPSA) is 81.1 Å². The monoisotopic (exact) mass is 271 g/mol. The number of carbonyl (C=O) groups is 1. The van der Waals surface area contributed by atoms with Crippen molar-refractivity contribution in [3.63, 3.8) is 0 Å². The summed E-state index contributed by atoms with van der Waals surface area (Å²) in [5.74, 6) is -0.123. The van der Waals surface area contributed by atoms with E-state index in [9.17, 15) is 4.79 Å². The molecule has 0 aliphatic carbocycles. The fourth-order valence-electron chi connectivity index (χ4n) is 1.09. The summed E-state index contributed by atoms with van der Waals surface area (Å²) >= 11 is 3.27. The SMILES string of the molecule is NCCCNC(=O)c1ccc(Br)c(N)c1. The zero-order valence-electron chi connectivity index (χ0n) is 8.29. The Morgan fingerprint density at radius 2 is 2.20 bits per heavy atom. The van der Waals surface area contributed by atoms with Crippen LogP contribution in [-0.2, 0) is 0 Å². The van der Waals surface area contributed by atoms with Gasteiger partial charge in [0.05, 0.1) is 0 Å². The van der Waals surface area contributed by atoms with Crippen molar-refractivity contribution < 1.29 is 4.79 Å². The summed E-state index contributed by atoms with van der Waals surface area (Å²) < 4.78 is 0.793. The molecule has 0 spiro atoms. The third-order valence-corrected chi connectivity index (χ3v) is 2.65. The van der Waals surface area contributed by atoms with Crippen LogP contribution in [0.3, 0.4) is 0 Å². The number of halogens is 1. The second kappa shape index (κ2) is 5.72. The van der Waals surface area contributed by atoms with Gasteiger partial charge in [-0.25, -0.2) is 0 Å². The van der Waals surface area contributed by atoms with Gasteiger partial charge in [-0.05, 0) is 47.1 Å². The van der Waals surface area contributed by atoms with Gasteiger partial charge in [0.2, 0.25) is 0 Å². The summed E-state index contributed by atoms with van der Waals surface area (Å²) in [5, 5.41) is 2.76. The summed E-state index contributed by atoms with van der Waals surface area (Å²) in [6, 6.07) is 5.12. The predicted octanol–water partition coefficient (Wildman–Crippen LogP) is 1.11. The third kappa shape index (κ3) is 3.53. The maximum Gasteiger partial charge on any atom is 0.251 e. The molecule has 0 saturated carbocycles. The minimum absolute atomic E-state index is 0.123. The maximum absolute atomic E-state index is 11.6. The number of nitrogen functional groups attached to an aromatic ring is 1. The van der Waals surface area contributed by atoms with Crippen molar-refractivity contribution in [2.24, 2.45) is 5.73 Å². The molecule has 1 aromatic rings. The highest BCUT2D eigenvalue weighted by atomic mass is 79.9. The lowest BCUT2D eigenvalue weighted by molar-refractivity contribution is 0.0953. The van der Waals surface area contributed by atoms with Crippen molar-refractivity contribution in [3.8, 4) is 0 Å². The van der Waals surface area contributed by atoms with Crippen LogP contribution in [-0.4, -0.2) is 19.0 Å². The molecule has 0 saturated heterocycles. The Morgan fingerprint density at radius 3 is 2.80 bits per heavy atom. The Kier molecular flexibility index (Phi) is 4.58. The Balaban J connectivity index is 2.62. The molecule has 5 heteroatoms. The van der Waals surface area contributed by atoms with Crippen molar-refractivity contribution in [2.75, 3.05) is 18.8 Å². The molecule has 0 radical (unpaired) electrons. The number of hydrogen-bond donors (Lipinski definition) is 3. The maximum atomic E-state index is 11.6. The van der Waals surface area contributed by atoms with Crippen LogP contribution in [0.5, 0.6) is 0 Å². The summed E-state index contributed by atoms with van der Waals surface area (Å²) in [4.78, 5) is 11.6. The van der Waals surface area contributed by atoms with Crippen LogP contribution < -0.4 is 16.8 Å². The van der Waals surface area contributed by atoms with Gasteiger partial charge < -0.3 is 16.8 Å². The van der Waals surface area contributed by atoms with E-state index < -0.39 is 0 Å². The Morgan fingerprint density at radius 1 is 1.47 bits per heavy atom. The normalized spacial score (nSPS) is 10.0. The first-order valence-electron chi connectivity index (χ1n) is 4.68. The number of nitrogens with two attached hydrogens (primary N) is 2. The van der Waals surface area contributed by atoms with Gasteiger partial charge in [0.1, 0.15) is 0 Å². The minimum atomic E-state index is -0.123. The van der Waals surface area contributed by atoms with Gasteiger partial charge in [-0.1, -0.05) is 0 Å². The number of hydrogen-bond acceptors (Lipinski definition) is 3. The zero-order chi connectivity index (χ0) is 11.3. The molecule has 1 amide bonds. The Hall–Kier alpha value is -1.07. The number of amides is 1. The molecule has 0 unspecified atom stereocenters. The van der Waals surface area contributed by atoms with E-state index in [2.05, 4.69) is 21.2 Å². The third-order valence-electron chi connectivity index (χ3n) is 1.92. The van der Waals surface area contributed by atoms with Gasteiger partial charge in [0.15, 0.2) is 0 Å². The van der Waals surface area contributed by atoms with E-state index in [1.54, 1.807) is 18.2 Å². The largest absolute Gasteiger partial charge is 0.398 e. The zero-order valence-corrected chi connectivity index (χ0v) is 9.88. The van der Waals surface area contributed by atoms with E-state index in [-0.39, 0.29) is 5.91 Å². The second-order valence-electron chi connectivity index (χ2n) is 3.13. The number of benzene rings is 1. The van der Waals surface area contributed by atoms with Crippen LogP contribution in [0.25, 0.3) is 0 Å². The van der Waals surface area contributed by atoms with E-state index in [0.717, 1.165) is 10.9 Å². The van der Waals surface area contributed by atoms with Crippen molar-refractivity contribution >= 4 is 27.5 Å². The van der Waals surface area contributed by atoms with Crippen molar-refractivity contribution in [3.05, 3.63) is 28.2 Å². The number of nitrogens with one attached hydrogen (secondary N) is 1. The first-order chi connectivity index (χ1) is 7.15. The molecule has 0 bridgehead atoms. The molecule has 0 fully saturated rings. The summed E-state index contributed by atoms with van der Waals surface area (Å²) in [6.07, 6.45) is 0.776.